The monoisotopic (exact) mass is 374 g/mol. The average molecular weight is 374 g/mol. The number of hydrogen-bond donors (Lipinski definition) is 2. The van der Waals surface area contributed by atoms with Crippen LogP contribution in [0.5, 0.6) is 0 Å². The second kappa shape index (κ2) is 7.84. The Balaban J connectivity index is 1.29. The molecule has 3 fully saturated rings. The summed E-state index contributed by atoms with van der Waals surface area (Å²) in [6, 6.07) is 6.54. The highest BCUT2D eigenvalue weighted by molar-refractivity contribution is 5.89. The largest absolute Gasteiger partial charge is 0.368 e. The molecule has 0 bridgehead atoms. The van der Waals surface area contributed by atoms with Gasteiger partial charge in [0.25, 0.3) is 0 Å². The van der Waals surface area contributed by atoms with Crippen LogP contribution in [0.25, 0.3) is 0 Å². The zero-order valence-electron chi connectivity index (χ0n) is 15.5. The molecule has 3 atom stereocenters. The molecule has 1 aromatic carbocycles. The van der Waals surface area contributed by atoms with E-state index in [1.807, 2.05) is 4.90 Å². The lowest BCUT2D eigenvalue weighted by Gasteiger charge is -2.41. The van der Waals surface area contributed by atoms with Crippen molar-refractivity contribution in [1.29, 1.82) is 0 Å². The van der Waals surface area contributed by atoms with Gasteiger partial charge in [0.1, 0.15) is 5.82 Å². The number of hydrogen-bond acceptors (Lipinski definition) is 4. The van der Waals surface area contributed by atoms with Crippen molar-refractivity contribution >= 4 is 17.5 Å². The molecule has 2 heterocycles. The molecule has 0 aromatic heterocycles. The van der Waals surface area contributed by atoms with Gasteiger partial charge in [0, 0.05) is 44.0 Å². The lowest BCUT2D eigenvalue weighted by molar-refractivity contribution is -0.136. The van der Waals surface area contributed by atoms with E-state index in [0.717, 1.165) is 24.9 Å². The maximum atomic E-state index is 13.1. The second-order valence-electron chi connectivity index (χ2n) is 7.77. The minimum atomic E-state index is -0.424. The highest BCUT2D eigenvalue weighted by Gasteiger charge is 2.37. The lowest BCUT2D eigenvalue weighted by Crippen LogP contribution is -2.65. The number of benzene rings is 1. The van der Waals surface area contributed by atoms with Gasteiger partial charge in [-0.2, -0.15) is 0 Å². The van der Waals surface area contributed by atoms with Crippen LogP contribution < -0.4 is 15.5 Å². The van der Waals surface area contributed by atoms with Crippen LogP contribution in [0.3, 0.4) is 0 Å². The molecular weight excluding hydrogens is 347 g/mol. The predicted octanol–water partition coefficient (Wildman–Crippen LogP) is 1.26. The van der Waals surface area contributed by atoms with Gasteiger partial charge < -0.3 is 20.4 Å². The number of carbonyl (C=O) groups is 2. The molecule has 0 spiro atoms. The molecule has 2 saturated heterocycles. The smallest absolute Gasteiger partial charge is 0.237 e. The fourth-order valence-electron chi connectivity index (χ4n) is 4.44. The van der Waals surface area contributed by atoms with Gasteiger partial charge in [0.2, 0.25) is 11.8 Å². The van der Waals surface area contributed by atoms with Gasteiger partial charge in [0.15, 0.2) is 0 Å². The highest BCUT2D eigenvalue weighted by atomic mass is 19.1. The molecule has 27 heavy (non-hydrogen) atoms. The summed E-state index contributed by atoms with van der Waals surface area (Å²) in [5.74, 6) is -0.266. The quantitative estimate of drug-likeness (QED) is 0.836. The van der Waals surface area contributed by atoms with Crippen LogP contribution in [0.15, 0.2) is 24.3 Å². The first kappa shape index (κ1) is 18.2. The van der Waals surface area contributed by atoms with E-state index in [1.165, 1.54) is 18.6 Å². The molecule has 0 radical (unpaired) electrons. The average Bonchev–Trinajstić information content (AvgIpc) is 2.69. The van der Waals surface area contributed by atoms with Gasteiger partial charge >= 0.3 is 0 Å². The van der Waals surface area contributed by atoms with Crippen LogP contribution in [0.4, 0.5) is 10.1 Å². The summed E-state index contributed by atoms with van der Waals surface area (Å²) in [7, 11) is 0. The molecule has 3 aliphatic rings. The van der Waals surface area contributed by atoms with E-state index in [1.54, 1.807) is 12.1 Å². The van der Waals surface area contributed by atoms with Gasteiger partial charge in [-0.05, 0) is 37.1 Å². The molecule has 1 aliphatic carbocycles. The van der Waals surface area contributed by atoms with Crippen LogP contribution in [-0.2, 0) is 9.59 Å². The summed E-state index contributed by atoms with van der Waals surface area (Å²) in [6.07, 6.45) is 4.63. The van der Waals surface area contributed by atoms with Crippen molar-refractivity contribution in [3.05, 3.63) is 30.1 Å². The molecule has 1 saturated carbocycles. The summed E-state index contributed by atoms with van der Waals surface area (Å²) in [6.45, 7) is 2.67. The van der Waals surface area contributed by atoms with Crippen molar-refractivity contribution in [1.82, 2.24) is 15.5 Å². The Morgan fingerprint density at radius 2 is 1.70 bits per heavy atom. The van der Waals surface area contributed by atoms with Gasteiger partial charge in [0.05, 0.1) is 12.5 Å². The van der Waals surface area contributed by atoms with E-state index in [-0.39, 0.29) is 30.1 Å². The molecule has 7 heteroatoms. The predicted molar refractivity (Wildman–Crippen MR) is 101 cm³/mol. The summed E-state index contributed by atoms with van der Waals surface area (Å²) in [5, 5.41) is 6.51. The number of fused-ring (bicyclic) bond motifs is 1. The highest BCUT2D eigenvalue weighted by Crippen LogP contribution is 2.23. The fraction of sp³-hybridized carbons (Fsp3) is 0.600. The van der Waals surface area contributed by atoms with Crippen LogP contribution in [0.2, 0.25) is 0 Å². The maximum Gasteiger partial charge on any atom is 0.237 e. The van der Waals surface area contributed by atoms with Crippen LogP contribution >= 0.6 is 0 Å². The molecule has 4 rings (SSSR count). The van der Waals surface area contributed by atoms with E-state index < -0.39 is 6.04 Å². The Labute approximate surface area is 159 Å². The number of amides is 2. The van der Waals surface area contributed by atoms with Crippen molar-refractivity contribution in [2.75, 3.05) is 31.1 Å². The van der Waals surface area contributed by atoms with E-state index in [2.05, 4.69) is 15.5 Å². The summed E-state index contributed by atoms with van der Waals surface area (Å²) in [4.78, 5) is 29.0. The third-order valence-electron chi connectivity index (χ3n) is 6.03. The number of anilines is 1. The lowest BCUT2D eigenvalue weighted by atomic mass is 9.87. The minimum absolute atomic E-state index is 0.0238. The fourth-order valence-corrected chi connectivity index (χ4v) is 4.44. The summed E-state index contributed by atoms with van der Waals surface area (Å²) in [5.41, 5.74) is 0.972. The number of carbonyl (C=O) groups excluding carboxylic acids is 2. The van der Waals surface area contributed by atoms with Crippen molar-refractivity contribution in [3.8, 4) is 0 Å². The van der Waals surface area contributed by atoms with Gasteiger partial charge in [-0.3, -0.25) is 9.59 Å². The third-order valence-corrected chi connectivity index (χ3v) is 6.03. The SMILES string of the molecule is O=C1N[C@H]2CCCC[C@H]2N[C@H]1CC(=O)N1CCN(c2ccc(F)cc2)CC1. The zero-order chi connectivity index (χ0) is 18.8. The first-order chi connectivity index (χ1) is 13.1. The number of nitrogens with one attached hydrogen (secondary N) is 2. The topological polar surface area (TPSA) is 64.7 Å². The number of rotatable bonds is 3. The molecular formula is C20H27FN4O2. The normalized spacial score (nSPS) is 28.5. The second-order valence-corrected chi connectivity index (χ2v) is 7.77. The van der Waals surface area contributed by atoms with E-state index in [9.17, 15) is 14.0 Å². The van der Waals surface area contributed by atoms with Crippen molar-refractivity contribution in [2.45, 2.75) is 50.2 Å². The zero-order valence-corrected chi connectivity index (χ0v) is 15.5. The Morgan fingerprint density at radius 1 is 1.04 bits per heavy atom. The first-order valence-electron chi connectivity index (χ1n) is 9.95. The third kappa shape index (κ3) is 4.08. The van der Waals surface area contributed by atoms with E-state index in [0.29, 0.717) is 32.2 Å². The molecule has 146 valence electrons. The van der Waals surface area contributed by atoms with E-state index >= 15 is 0 Å². The Bertz CT molecular complexity index is 688. The Morgan fingerprint density at radius 3 is 2.41 bits per heavy atom. The minimum Gasteiger partial charge on any atom is -0.368 e. The molecule has 6 nitrogen and oxygen atoms in total. The molecule has 2 N–H and O–H groups in total. The first-order valence-corrected chi connectivity index (χ1v) is 9.95. The molecule has 2 amide bonds. The summed E-state index contributed by atoms with van der Waals surface area (Å²) >= 11 is 0. The number of nitrogens with zero attached hydrogens (tertiary/aromatic N) is 2. The van der Waals surface area contributed by atoms with Crippen LogP contribution in [-0.4, -0.2) is 61.0 Å². The van der Waals surface area contributed by atoms with E-state index in [4.69, 9.17) is 0 Å². The molecule has 1 aromatic rings. The van der Waals surface area contributed by atoms with Crippen molar-refractivity contribution in [3.63, 3.8) is 0 Å². The van der Waals surface area contributed by atoms with Gasteiger partial charge in [-0.25, -0.2) is 4.39 Å². The molecule has 0 unspecified atom stereocenters. The van der Waals surface area contributed by atoms with Crippen molar-refractivity contribution in [2.24, 2.45) is 0 Å². The van der Waals surface area contributed by atoms with Gasteiger partial charge in [-0.15, -0.1) is 0 Å². The number of piperazine rings is 2. The number of halogens is 1. The Kier molecular flexibility index (Phi) is 5.29. The van der Waals surface area contributed by atoms with Gasteiger partial charge in [-0.1, -0.05) is 12.8 Å². The van der Waals surface area contributed by atoms with Crippen LogP contribution in [0.1, 0.15) is 32.1 Å². The molecule has 2 aliphatic heterocycles. The van der Waals surface area contributed by atoms with Crippen LogP contribution in [0, 0.1) is 5.82 Å². The maximum absolute atomic E-state index is 13.1. The Hall–Kier alpha value is -2.15. The standard InChI is InChI=1S/C20H27FN4O2/c21-14-5-7-15(8-6-14)24-9-11-25(12-10-24)19(26)13-18-20(27)23-17-4-2-1-3-16(17)22-18/h5-8,16-18,22H,1-4,9-13H2,(H,23,27)/t16-,17+,18+/m1/s1. The summed E-state index contributed by atoms with van der Waals surface area (Å²) < 4.78 is 13.1. The van der Waals surface area contributed by atoms with Crippen molar-refractivity contribution < 1.29 is 14.0 Å².